The Morgan fingerprint density at radius 2 is 1.57 bits per heavy atom. The third kappa shape index (κ3) is 4.57. The van der Waals surface area contributed by atoms with Crippen molar-refractivity contribution in [2.75, 3.05) is 0 Å². The normalized spacial score (nSPS) is 11.4. The topological polar surface area (TPSA) is 72.0 Å². The van der Waals surface area contributed by atoms with Crippen molar-refractivity contribution in [3.63, 3.8) is 0 Å². The molecule has 5 nitrogen and oxygen atoms in total. The van der Waals surface area contributed by atoms with Crippen molar-refractivity contribution < 1.29 is 8.42 Å². The highest BCUT2D eigenvalue weighted by Gasteiger charge is 2.15. The molecule has 0 amide bonds. The van der Waals surface area contributed by atoms with Gasteiger partial charge in [-0.05, 0) is 59.2 Å². The molecule has 0 radical (unpaired) electrons. The predicted molar refractivity (Wildman–Crippen MR) is 118 cm³/mol. The molecule has 0 bridgehead atoms. The maximum absolute atomic E-state index is 12.8. The molecule has 0 atom stereocenters. The number of hydrogen-bond acceptors (Lipinski definition) is 4. The van der Waals surface area contributed by atoms with Crippen LogP contribution in [0.4, 0.5) is 0 Å². The van der Waals surface area contributed by atoms with E-state index in [0.29, 0.717) is 5.02 Å². The van der Waals surface area contributed by atoms with Crippen molar-refractivity contribution in [3.05, 3.63) is 102 Å². The summed E-state index contributed by atoms with van der Waals surface area (Å²) < 4.78 is 28.3. The zero-order chi connectivity index (χ0) is 21.0. The molecule has 0 fully saturated rings. The number of halogens is 1. The molecule has 4 rings (SSSR count). The lowest BCUT2D eigenvalue weighted by molar-refractivity contribution is 0.581. The van der Waals surface area contributed by atoms with E-state index in [1.165, 1.54) is 0 Å². The largest absolute Gasteiger partial charge is 0.265 e. The number of rotatable bonds is 6. The van der Waals surface area contributed by atoms with E-state index < -0.39 is 10.0 Å². The van der Waals surface area contributed by atoms with Crippen molar-refractivity contribution in [2.24, 2.45) is 0 Å². The van der Waals surface area contributed by atoms with Crippen molar-refractivity contribution in [1.29, 1.82) is 0 Å². The molecule has 0 spiro atoms. The molecule has 0 aliphatic carbocycles. The number of sulfonamides is 1. The molecule has 30 heavy (non-hydrogen) atoms. The second-order valence-corrected chi connectivity index (χ2v) is 8.81. The molecule has 0 aliphatic heterocycles. The number of nitrogens with zero attached hydrogens (tertiary/aromatic N) is 2. The third-order valence-corrected chi connectivity index (χ3v) is 6.27. The van der Waals surface area contributed by atoms with Crippen LogP contribution in [0.2, 0.25) is 5.02 Å². The minimum Gasteiger partial charge on any atom is -0.265 e. The van der Waals surface area contributed by atoms with Gasteiger partial charge < -0.3 is 0 Å². The quantitative estimate of drug-likeness (QED) is 0.465. The minimum absolute atomic E-state index is 0.129. The first-order chi connectivity index (χ1) is 14.5. The van der Waals surface area contributed by atoms with E-state index in [1.807, 2.05) is 36.4 Å². The zero-order valence-corrected chi connectivity index (χ0v) is 17.4. The first kappa shape index (κ1) is 20.2. The fraction of sp³-hybridized carbons (Fsp3) is 0.0435. The summed E-state index contributed by atoms with van der Waals surface area (Å²) in [5.41, 5.74) is 4.20. The van der Waals surface area contributed by atoms with Crippen molar-refractivity contribution in [1.82, 2.24) is 14.7 Å². The van der Waals surface area contributed by atoms with Crippen molar-refractivity contribution in [2.45, 2.75) is 11.4 Å². The first-order valence-electron chi connectivity index (χ1n) is 9.23. The van der Waals surface area contributed by atoms with Gasteiger partial charge in [-0.25, -0.2) is 13.1 Å². The van der Waals surface area contributed by atoms with Crippen LogP contribution in [0.3, 0.4) is 0 Å². The maximum atomic E-state index is 12.8. The van der Waals surface area contributed by atoms with Crippen LogP contribution in [0.1, 0.15) is 5.56 Å². The van der Waals surface area contributed by atoms with E-state index in [2.05, 4.69) is 14.7 Å². The van der Waals surface area contributed by atoms with E-state index >= 15 is 0 Å². The molecule has 0 saturated carbocycles. The van der Waals surface area contributed by atoms with Crippen LogP contribution >= 0.6 is 11.6 Å². The van der Waals surface area contributed by atoms with Gasteiger partial charge in [0.1, 0.15) is 0 Å². The SMILES string of the molecule is O=S(=O)(NCc1cccnc1-c1ccncc1)c1ccc(-c2cccc(Cl)c2)cc1. The zero-order valence-electron chi connectivity index (χ0n) is 15.9. The third-order valence-electron chi connectivity index (χ3n) is 4.62. The van der Waals surface area contributed by atoms with Gasteiger partial charge in [0.15, 0.2) is 0 Å². The lowest BCUT2D eigenvalue weighted by atomic mass is 10.1. The Kier molecular flexibility index (Phi) is 5.90. The van der Waals surface area contributed by atoms with Crippen LogP contribution in [0, 0.1) is 0 Å². The maximum Gasteiger partial charge on any atom is 0.240 e. The molecule has 0 saturated heterocycles. The Balaban J connectivity index is 1.53. The van der Waals surface area contributed by atoms with E-state index in [-0.39, 0.29) is 11.4 Å². The average Bonchev–Trinajstić information content (AvgIpc) is 2.79. The highest BCUT2D eigenvalue weighted by molar-refractivity contribution is 7.89. The van der Waals surface area contributed by atoms with Crippen molar-refractivity contribution >= 4 is 21.6 Å². The summed E-state index contributed by atoms with van der Waals surface area (Å²) in [6.07, 6.45) is 5.04. The number of aromatic nitrogens is 2. The fourth-order valence-electron chi connectivity index (χ4n) is 3.10. The Morgan fingerprint density at radius 1 is 0.800 bits per heavy atom. The van der Waals surface area contributed by atoms with Crippen LogP contribution in [-0.4, -0.2) is 18.4 Å². The number of hydrogen-bond donors (Lipinski definition) is 1. The average molecular weight is 436 g/mol. The van der Waals surface area contributed by atoms with Crippen LogP contribution < -0.4 is 4.72 Å². The Hall–Kier alpha value is -3.06. The summed E-state index contributed by atoms with van der Waals surface area (Å²) in [5, 5.41) is 0.632. The summed E-state index contributed by atoms with van der Waals surface area (Å²) >= 11 is 6.04. The van der Waals surface area contributed by atoms with Gasteiger partial charge in [0.2, 0.25) is 10.0 Å². The second kappa shape index (κ2) is 8.75. The Morgan fingerprint density at radius 3 is 2.30 bits per heavy atom. The summed E-state index contributed by atoms with van der Waals surface area (Å²) in [6.45, 7) is 0.129. The standard InChI is InChI=1S/C23H18ClN3O2S/c24-21-5-1-3-19(15-21)17-6-8-22(9-7-17)30(28,29)27-16-20-4-2-12-26-23(20)18-10-13-25-14-11-18/h1-15,27H,16H2. The summed E-state index contributed by atoms with van der Waals surface area (Å²) in [5.74, 6) is 0. The van der Waals surface area contributed by atoms with Gasteiger partial charge in [-0.15, -0.1) is 0 Å². The molecule has 0 aliphatic rings. The molecule has 2 aromatic heterocycles. The second-order valence-electron chi connectivity index (χ2n) is 6.61. The van der Waals surface area contributed by atoms with Gasteiger partial charge in [-0.1, -0.05) is 41.9 Å². The van der Waals surface area contributed by atoms with Crippen LogP contribution in [0.25, 0.3) is 22.4 Å². The monoisotopic (exact) mass is 435 g/mol. The van der Waals surface area contributed by atoms with Crippen LogP contribution in [0.5, 0.6) is 0 Å². The summed E-state index contributed by atoms with van der Waals surface area (Å²) in [6, 6.07) is 21.5. The lowest BCUT2D eigenvalue weighted by Crippen LogP contribution is -2.23. The number of benzene rings is 2. The molecule has 2 heterocycles. The number of nitrogens with one attached hydrogen (secondary N) is 1. The highest BCUT2D eigenvalue weighted by Crippen LogP contribution is 2.25. The van der Waals surface area contributed by atoms with E-state index in [1.54, 1.807) is 55.0 Å². The Labute approximate surface area is 180 Å². The predicted octanol–water partition coefficient (Wildman–Crippen LogP) is 4.94. The highest BCUT2D eigenvalue weighted by atomic mass is 35.5. The van der Waals surface area contributed by atoms with Crippen LogP contribution in [0.15, 0.2) is 96.3 Å². The molecule has 0 unspecified atom stereocenters. The Bertz CT molecular complexity index is 1260. The lowest BCUT2D eigenvalue weighted by Gasteiger charge is -2.11. The summed E-state index contributed by atoms with van der Waals surface area (Å²) in [7, 11) is -3.68. The molecule has 2 aromatic carbocycles. The minimum atomic E-state index is -3.68. The van der Waals surface area contributed by atoms with Crippen LogP contribution in [-0.2, 0) is 16.6 Å². The van der Waals surface area contributed by atoms with E-state index in [4.69, 9.17) is 11.6 Å². The molecular formula is C23H18ClN3O2S. The van der Waals surface area contributed by atoms with E-state index in [0.717, 1.165) is 27.9 Å². The smallest absolute Gasteiger partial charge is 0.240 e. The van der Waals surface area contributed by atoms with Crippen molar-refractivity contribution in [3.8, 4) is 22.4 Å². The van der Waals surface area contributed by atoms with Gasteiger partial charge >= 0.3 is 0 Å². The van der Waals surface area contributed by atoms with Gasteiger partial charge in [-0.2, -0.15) is 0 Å². The number of pyridine rings is 2. The molecular weight excluding hydrogens is 418 g/mol. The molecule has 1 N–H and O–H groups in total. The molecule has 150 valence electrons. The first-order valence-corrected chi connectivity index (χ1v) is 11.1. The molecule has 7 heteroatoms. The van der Waals surface area contributed by atoms with Gasteiger partial charge in [0, 0.05) is 35.7 Å². The van der Waals surface area contributed by atoms with Gasteiger partial charge in [-0.3, -0.25) is 9.97 Å². The fourth-order valence-corrected chi connectivity index (χ4v) is 4.30. The van der Waals surface area contributed by atoms with Gasteiger partial charge in [0.25, 0.3) is 0 Å². The molecule has 4 aromatic rings. The van der Waals surface area contributed by atoms with E-state index in [9.17, 15) is 8.42 Å². The summed E-state index contributed by atoms with van der Waals surface area (Å²) in [4.78, 5) is 8.61. The van der Waals surface area contributed by atoms with Gasteiger partial charge in [0.05, 0.1) is 10.6 Å².